The molecule has 4 nitrogen and oxygen atoms in total. The molecule has 0 atom stereocenters. The molecule has 2 amide bonds. The average Bonchev–Trinajstić information content (AvgIpc) is 2.86. The van der Waals surface area contributed by atoms with E-state index in [9.17, 15) is 9.59 Å². The van der Waals surface area contributed by atoms with E-state index in [4.69, 9.17) is 0 Å². The molecule has 1 aliphatic heterocycles. The second-order valence-electron chi connectivity index (χ2n) is 4.80. The topological polar surface area (TPSA) is 49.4 Å². The fraction of sp³-hybridized carbons (Fsp3) is 0.538. The summed E-state index contributed by atoms with van der Waals surface area (Å²) in [6, 6.07) is 2.05. The fourth-order valence-electron chi connectivity index (χ4n) is 2.56. The number of carbonyl (C=O) groups is 2. The second kappa shape index (κ2) is 4.72. The third kappa shape index (κ3) is 2.14. The summed E-state index contributed by atoms with van der Waals surface area (Å²) >= 11 is 1.63. The van der Waals surface area contributed by atoms with Crippen LogP contribution in [-0.4, -0.2) is 36.3 Å². The van der Waals surface area contributed by atoms with Gasteiger partial charge in [0.2, 0.25) is 5.91 Å². The van der Waals surface area contributed by atoms with E-state index in [2.05, 4.69) is 11.4 Å². The van der Waals surface area contributed by atoms with Crippen LogP contribution in [0.4, 0.5) is 0 Å². The van der Waals surface area contributed by atoms with Gasteiger partial charge in [-0.15, -0.1) is 11.3 Å². The highest BCUT2D eigenvalue weighted by Gasteiger charge is 2.23. The summed E-state index contributed by atoms with van der Waals surface area (Å²) in [6.45, 7) is 1.72. The number of hydrogen-bond acceptors (Lipinski definition) is 3. The molecule has 1 fully saturated rings. The van der Waals surface area contributed by atoms with Crippen LogP contribution in [0.5, 0.6) is 0 Å². The van der Waals surface area contributed by atoms with Crippen molar-refractivity contribution in [1.29, 1.82) is 0 Å². The van der Waals surface area contributed by atoms with Gasteiger partial charge in [-0.1, -0.05) is 0 Å². The minimum Gasteiger partial charge on any atom is -0.354 e. The molecule has 1 aromatic rings. The number of carbonyl (C=O) groups excluding carboxylic acids is 2. The Bertz CT molecular complexity index is 474. The standard InChI is InChI=1S/C13H16N2O2S/c16-12-4-6-15(7-5-14-12)13(17)11-8-9-2-1-3-10(9)18-11/h8H,1-7H2,(H,14,16). The molecule has 1 saturated heterocycles. The number of nitrogens with zero attached hydrogens (tertiary/aromatic N) is 1. The van der Waals surface area contributed by atoms with E-state index in [1.807, 2.05) is 0 Å². The molecule has 0 bridgehead atoms. The number of aryl methyl sites for hydroxylation is 2. The molecule has 5 heteroatoms. The molecular formula is C13H16N2O2S. The van der Waals surface area contributed by atoms with Gasteiger partial charge in [-0.3, -0.25) is 9.59 Å². The molecule has 96 valence electrons. The first-order valence-electron chi connectivity index (χ1n) is 6.41. The van der Waals surface area contributed by atoms with E-state index < -0.39 is 0 Å². The molecule has 1 N–H and O–H groups in total. The van der Waals surface area contributed by atoms with Crippen LogP contribution in [0.25, 0.3) is 0 Å². The van der Waals surface area contributed by atoms with E-state index in [0.717, 1.165) is 17.7 Å². The van der Waals surface area contributed by atoms with E-state index >= 15 is 0 Å². The van der Waals surface area contributed by atoms with E-state index in [0.29, 0.717) is 26.1 Å². The molecule has 2 heterocycles. The van der Waals surface area contributed by atoms with Gasteiger partial charge in [0.1, 0.15) is 0 Å². The van der Waals surface area contributed by atoms with Crippen molar-refractivity contribution in [2.45, 2.75) is 25.7 Å². The first kappa shape index (κ1) is 11.7. The molecule has 2 aliphatic rings. The zero-order valence-electron chi connectivity index (χ0n) is 10.2. The Morgan fingerprint density at radius 2 is 2.17 bits per heavy atom. The minimum atomic E-state index is 0.0407. The Labute approximate surface area is 110 Å². The number of nitrogens with one attached hydrogen (secondary N) is 1. The predicted molar refractivity (Wildman–Crippen MR) is 69.9 cm³/mol. The van der Waals surface area contributed by atoms with Gasteiger partial charge in [-0.25, -0.2) is 0 Å². The van der Waals surface area contributed by atoms with Crippen molar-refractivity contribution in [3.63, 3.8) is 0 Å². The van der Waals surface area contributed by atoms with Crippen molar-refractivity contribution in [1.82, 2.24) is 10.2 Å². The van der Waals surface area contributed by atoms with Crippen LogP contribution in [-0.2, 0) is 17.6 Å². The summed E-state index contributed by atoms with van der Waals surface area (Å²) in [5, 5.41) is 2.79. The summed E-state index contributed by atoms with van der Waals surface area (Å²) in [6.07, 6.45) is 3.86. The van der Waals surface area contributed by atoms with Gasteiger partial charge >= 0.3 is 0 Å². The van der Waals surface area contributed by atoms with Crippen molar-refractivity contribution in [2.24, 2.45) is 0 Å². The van der Waals surface area contributed by atoms with Gasteiger partial charge in [0, 0.05) is 30.9 Å². The van der Waals surface area contributed by atoms with Crippen molar-refractivity contribution in [3.8, 4) is 0 Å². The van der Waals surface area contributed by atoms with Gasteiger partial charge in [0.05, 0.1) is 4.88 Å². The normalized spacial score (nSPS) is 19.3. The number of rotatable bonds is 1. The first-order valence-corrected chi connectivity index (χ1v) is 7.23. The molecule has 0 spiro atoms. The third-order valence-corrected chi connectivity index (χ3v) is 4.78. The molecule has 0 unspecified atom stereocenters. The Balaban J connectivity index is 1.74. The third-order valence-electron chi connectivity index (χ3n) is 3.56. The summed E-state index contributed by atoms with van der Waals surface area (Å²) in [4.78, 5) is 27.6. The SMILES string of the molecule is O=C1CCN(C(=O)c2cc3c(s2)CCC3)CCN1. The largest absolute Gasteiger partial charge is 0.354 e. The van der Waals surface area contributed by atoms with E-state index in [1.54, 1.807) is 16.2 Å². The molecule has 3 rings (SSSR count). The monoisotopic (exact) mass is 264 g/mol. The number of thiophene rings is 1. The lowest BCUT2D eigenvalue weighted by Crippen LogP contribution is -2.33. The minimum absolute atomic E-state index is 0.0407. The zero-order valence-corrected chi connectivity index (χ0v) is 11.0. The highest BCUT2D eigenvalue weighted by atomic mass is 32.1. The summed E-state index contributed by atoms with van der Waals surface area (Å²) in [7, 11) is 0. The Morgan fingerprint density at radius 1 is 1.28 bits per heavy atom. The van der Waals surface area contributed by atoms with Crippen LogP contribution in [0.2, 0.25) is 0 Å². The highest BCUT2D eigenvalue weighted by Crippen LogP contribution is 2.31. The number of amides is 2. The van der Waals surface area contributed by atoms with Crippen molar-refractivity contribution >= 4 is 23.2 Å². The molecule has 18 heavy (non-hydrogen) atoms. The first-order chi connectivity index (χ1) is 8.74. The molecule has 0 saturated carbocycles. The van der Waals surface area contributed by atoms with Crippen LogP contribution < -0.4 is 5.32 Å². The predicted octanol–water partition coefficient (Wildman–Crippen LogP) is 1.20. The van der Waals surface area contributed by atoms with Gasteiger partial charge in [-0.05, 0) is 30.9 Å². The molecule has 0 radical (unpaired) electrons. The van der Waals surface area contributed by atoms with E-state index in [1.165, 1.54) is 16.9 Å². The van der Waals surface area contributed by atoms with Crippen molar-refractivity contribution in [2.75, 3.05) is 19.6 Å². The van der Waals surface area contributed by atoms with Gasteiger partial charge in [-0.2, -0.15) is 0 Å². The summed E-state index contributed by atoms with van der Waals surface area (Å²) < 4.78 is 0. The highest BCUT2D eigenvalue weighted by molar-refractivity contribution is 7.14. The van der Waals surface area contributed by atoms with Crippen molar-refractivity contribution < 1.29 is 9.59 Å². The maximum absolute atomic E-state index is 12.4. The lowest BCUT2D eigenvalue weighted by Gasteiger charge is -2.18. The summed E-state index contributed by atoms with van der Waals surface area (Å²) in [5.74, 6) is 0.130. The quantitative estimate of drug-likeness (QED) is 0.828. The van der Waals surface area contributed by atoms with Gasteiger partial charge in [0.25, 0.3) is 5.91 Å². The van der Waals surface area contributed by atoms with Gasteiger partial charge in [0.15, 0.2) is 0 Å². The van der Waals surface area contributed by atoms with Crippen molar-refractivity contribution in [3.05, 3.63) is 21.4 Å². The molecular weight excluding hydrogens is 248 g/mol. The Hall–Kier alpha value is -1.36. The number of hydrogen-bond donors (Lipinski definition) is 1. The average molecular weight is 264 g/mol. The van der Waals surface area contributed by atoms with Crippen LogP contribution in [0.15, 0.2) is 6.07 Å². The maximum atomic E-state index is 12.4. The van der Waals surface area contributed by atoms with Crippen LogP contribution in [0, 0.1) is 0 Å². The van der Waals surface area contributed by atoms with Gasteiger partial charge < -0.3 is 10.2 Å². The second-order valence-corrected chi connectivity index (χ2v) is 5.94. The molecule has 0 aromatic carbocycles. The zero-order chi connectivity index (χ0) is 12.5. The Kier molecular flexibility index (Phi) is 3.07. The lowest BCUT2D eigenvalue weighted by atomic mass is 10.2. The smallest absolute Gasteiger partial charge is 0.264 e. The molecule has 1 aliphatic carbocycles. The lowest BCUT2D eigenvalue weighted by molar-refractivity contribution is -0.120. The van der Waals surface area contributed by atoms with Crippen LogP contribution in [0.3, 0.4) is 0 Å². The number of fused-ring (bicyclic) bond motifs is 1. The molecule has 1 aromatic heterocycles. The van der Waals surface area contributed by atoms with Crippen LogP contribution >= 0.6 is 11.3 Å². The van der Waals surface area contributed by atoms with E-state index in [-0.39, 0.29) is 11.8 Å². The maximum Gasteiger partial charge on any atom is 0.264 e. The van der Waals surface area contributed by atoms with Crippen LogP contribution in [0.1, 0.15) is 33.0 Å². The summed E-state index contributed by atoms with van der Waals surface area (Å²) in [5.41, 5.74) is 1.35. The Morgan fingerprint density at radius 3 is 3.00 bits per heavy atom. The fourth-order valence-corrected chi connectivity index (χ4v) is 3.78.